The largest absolute Gasteiger partial charge is 0.445 e. The van der Waals surface area contributed by atoms with Crippen LogP contribution in [0.2, 0.25) is 0 Å². The van der Waals surface area contributed by atoms with Crippen molar-refractivity contribution in [1.82, 2.24) is 10.2 Å². The molecule has 2 rings (SSSR count). The molecule has 2 unspecified atom stereocenters. The van der Waals surface area contributed by atoms with E-state index >= 15 is 0 Å². The van der Waals surface area contributed by atoms with Crippen molar-refractivity contribution in [2.45, 2.75) is 44.4 Å². The SMILES string of the molecule is CC(N)C1CCCCN1c1nnc(C(F)(F)F)s1. The number of nitrogens with zero attached hydrogens (tertiary/aromatic N) is 3. The van der Waals surface area contributed by atoms with E-state index in [9.17, 15) is 13.2 Å². The van der Waals surface area contributed by atoms with Crippen molar-refractivity contribution in [2.75, 3.05) is 11.4 Å². The van der Waals surface area contributed by atoms with Crippen molar-refractivity contribution in [3.05, 3.63) is 5.01 Å². The Morgan fingerprint density at radius 1 is 1.39 bits per heavy atom. The topological polar surface area (TPSA) is 55.0 Å². The van der Waals surface area contributed by atoms with Crippen LogP contribution in [0.3, 0.4) is 0 Å². The molecule has 1 saturated heterocycles. The third-order valence-corrected chi connectivity index (χ3v) is 4.06. The molecule has 1 aromatic heterocycles. The van der Waals surface area contributed by atoms with Crippen LogP contribution in [0, 0.1) is 0 Å². The first-order valence-electron chi connectivity index (χ1n) is 5.82. The Hall–Kier alpha value is -0.890. The van der Waals surface area contributed by atoms with Crippen LogP contribution in [-0.2, 0) is 6.18 Å². The fraction of sp³-hybridized carbons (Fsp3) is 0.800. The normalized spacial score (nSPS) is 23.2. The minimum absolute atomic E-state index is 0.0489. The molecule has 2 atom stereocenters. The predicted molar refractivity (Wildman–Crippen MR) is 63.5 cm³/mol. The molecule has 4 nitrogen and oxygen atoms in total. The molecular formula is C10H15F3N4S. The number of hydrogen-bond acceptors (Lipinski definition) is 5. The number of rotatable bonds is 2. The molecule has 0 aromatic carbocycles. The smallest absolute Gasteiger partial charge is 0.342 e. The third kappa shape index (κ3) is 2.74. The summed E-state index contributed by atoms with van der Waals surface area (Å²) in [6, 6.07) is -0.0451. The van der Waals surface area contributed by atoms with Gasteiger partial charge in [-0.15, -0.1) is 10.2 Å². The molecule has 0 amide bonds. The second kappa shape index (κ2) is 5.00. The van der Waals surface area contributed by atoms with Gasteiger partial charge >= 0.3 is 6.18 Å². The van der Waals surface area contributed by atoms with E-state index in [0.717, 1.165) is 19.3 Å². The number of hydrogen-bond donors (Lipinski definition) is 1. The summed E-state index contributed by atoms with van der Waals surface area (Å²) in [5.41, 5.74) is 5.88. The molecule has 102 valence electrons. The molecule has 0 bridgehead atoms. The van der Waals surface area contributed by atoms with Gasteiger partial charge in [0, 0.05) is 18.6 Å². The van der Waals surface area contributed by atoms with E-state index in [4.69, 9.17) is 5.73 Å². The Balaban J connectivity index is 2.21. The van der Waals surface area contributed by atoms with E-state index in [1.165, 1.54) is 0 Å². The number of piperidine rings is 1. The van der Waals surface area contributed by atoms with E-state index in [1.807, 2.05) is 11.8 Å². The maximum Gasteiger partial charge on any atom is 0.445 e. The lowest BCUT2D eigenvalue weighted by atomic mass is 9.98. The highest BCUT2D eigenvalue weighted by molar-refractivity contribution is 7.15. The molecule has 18 heavy (non-hydrogen) atoms. The van der Waals surface area contributed by atoms with Crippen LogP contribution in [0.1, 0.15) is 31.2 Å². The summed E-state index contributed by atoms with van der Waals surface area (Å²) in [6.07, 6.45) is -1.54. The van der Waals surface area contributed by atoms with Crippen LogP contribution >= 0.6 is 11.3 Å². The molecule has 1 aliphatic rings. The second-order valence-electron chi connectivity index (χ2n) is 4.50. The molecule has 2 heterocycles. The Kier molecular flexibility index (Phi) is 3.76. The Bertz CT molecular complexity index is 404. The van der Waals surface area contributed by atoms with Gasteiger partial charge < -0.3 is 10.6 Å². The van der Waals surface area contributed by atoms with Gasteiger partial charge in [-0.05, 0) is 26.2 Å². The van der Waals surface area contributed by atoms with Crippen LogP contribution in [0.25, 0.3) is 0 Å². The zero-order chi connectivity index (χ0) is 13.3. The Morgan fingerprint density at radius 3 is 2.67 bits per heavy atom. The van der Waals surface area contributed by atoms with Crippen molar-refractivity contribution < 1.29 is 13.2 Å². The lowest BCUT2D eigenvalue weighted by Crippen LogP contribution is -2.49. The predicted octanol–water partition coefficient (Wildman–Crippen LogP) is 2.26. The minimum Gasteiger partial charge on any atom is -0.342 e. The Morgan fingerprint density at radius 2 is 2.11 bits per heavy atom. The van der Waals surface area contributed by atoms with Gasteiger partial charge in [0.05, 0.1) is 0 Å². The second-order valence-corrected chi connectivity index (χ2v) is 5.46. The van der Waals surface area contributed by atoms with Crippen LogP contribution in [-0.4, -0.2) is 28.8 Å². The van der Waals surface area contributed by atoms with Gasteiger partial charge in [-0.3, -0.25) is 0 Å². The van der Waals surface area contributed by atoms with E-state index in [2.05, 4.69) is 10.2 Å². The van der Waals surface area contributed by atoms with Crippen LogP contribution in [0.15, 0.2) is 0 Å². The van der Waals surface area contributed by atoms with Crippen molar-refractivity contribution in [3.8, 4) is 0 Å². The van der Waals surface area contributed by atoms with Crippen molar-refractivity contribution >= 4 is 16.5 Å². The summed E-state index contributed by atoms with van der Waals surface area (Å²) in [4.78, 5) is 1.86. The number of halogens is 3. The van der Waals surface area contributed by atoms with Gasteiger partial charge in [-0.1, -0.05) is 11.3 Å². The molecule has 1 aliphatic heterocycles. The van der Waals surface area contributed by atoms with Gasteiger partial charge in [0.1, 0.15) is 0 Å². The average Bonchev–Trinajstić information content (AvgIpc) is 2.77. The summed E-state index contributed by atoms with van der Waals surface area (Å²) < 4.78 is 37.5. The van der Waals surface area contributed by atoms with Crippen LogP contribution < -0.4 is 10.6 Å². The maximum absolute atomic E-state index is 12.5. The van der Waals surface area contributed by atoms with Crippen molar-refractivity contribution in [3.63, 3.8) is 0 Å². The van der Waals surface area contributed by atoms with Crippen LogP contribution in [0.4, 0.5) is 18.3 Å². The highest BCUT2D eigenvalue weighted by Gasteiger charge is 2.37. The average molecular weight is 280 g/mol. The Labute approximate surface area is 107 Å². The number of aromatic nitrogens is 2. The first-order chi connectivity index (χ1) is 8.39. The summed E-state index contributed by atoms with van der Waals surface area (Å²) in [7, 11) is 0. The molecule has 1 fully saturated rings. The van der Waals surface area contributed by atoms with Crippen LogP contribution in [0.5, 0.6) is 0 Å². The highest BCUT2D eigenvalue weighted by atomic mass is 32.1. The van der Waals surface area contributed by atoms with E-state index < -0.39 is 11.2 Å². The highest BCUT2D eigenvalue weighted by Crippen LogP contribution is 2.36. The summed E-state index contributed by atoms with van der Waals surface area (Å²) in [5, 5.41) is 6.30. The van der Waals surface area contributed by atoms with Gasteiger partial charge in [-0.25, -0.2) is 0 Å². The van der Waals surface area contributed by atoms with Crippen molar-refractivity contribution in [1.29, 1.82) is 0 Å². The quantitative estimate of drug-likeness (QED) is 0.903. The molecule has 0 aliphatic carbocycles. The maximum atomic E-state index is 12.5. The lowest BCUT2D eigenvalue weighted by Gasteiger charge is -2.37. The van der Waals surface area contributed by atoms with Crippen molar-refractivity contribution in [2.24, 2.45) is 5.73 Å². The summed E-state index contributed by atoms with van der Waals surface area (Å²) in [6.45, 7) is 2.56. The zero-order valence-electron chi connectivity index (χ0n) is 9.94. The van der Waals surface area contributed by atoms with Gasteiger partial charge in [-0.2, -0.15) is 13.2 Å². The number of alkyl halides is 3. The fourth-order valence-electron chi connectivity index (χ4n) is 2.19. The first-order valence-corrected chi connectivity index (χ1v) is 6.64. The van der Waals surface area contributed by atoms with Gasteiger partial charge in [0.15, 0.2) is 0 Å². The van der Waals surface area contributed by atoms with E-state index in [1.54, 1.807) is 0 Å². The number of anilines is 1. The summed E-state index contributed by atoms with van der Waals surface area (Å²) >= 11 is 0.591. The standard InChI is InChI=1S/C10H15F3N4S/c1-6(14)7-4-2-3-5-17(7)9-16-15-8(18-9)10(11,12)13/h6-7H,2-5,14H2,1H3. The lowest BCUT2D eigenvalue weighted by molar-refractivity contribution is -0.138. The molecular weight excluding hydrogens is 265 g/mol. The molecule has 0 radical (unpaired) electrons. The van der Waals surface area contributed by atoms with Gasteiger partial charge in [0.2, 0.25) is 10.1 Å². The zero-order valence-corrected chi connectivity index (χ0v) is 10.8. The first kappa shape index (κ1) is 13.5. The minimum atomic E-state index is -4.42. The number of nitrogens with two attached hydrogens (primary N) is 1. The monoisotopic (exact) mass is 280 g/mol. The molecule has 2 N–H and O–H groups in total. The molecule has 0 saturated carbocycles. The summed E-state index contributed by atoms with van der Waals surface area (Å²) in [5.74, 6) is 0. The van der Waals surface area contributed by atoms with Gasteiger partial charge in [0.25, 0.3) is 0 Å². The molecule has 8 heteroatoms. The van der Waals surface area contributed by atoms with E-state index in [-0.39, 0.29) is 12.1 Å². The molecule has 0 spiro atoms. The third-order valence-electron chi connectivity index (χ3n) is 3.06. The molecule has 1 aromatic rings. The fourth-order valence-corrected chi connectivity index (χ4v) is 2.98. The van der Waals surface area contributed by atoms with E-state index in [0.29, 0.717) is 23.0 Å².